The van der Waals surface area contributed by atoms with Crippen LogP contribution in [0, 0.1) is 13.8 Å². The maximum absolute atomic E-state index is 12.2. The van der Waals surface area contributed by atoms with Crippen molar-refractivity contribution in [3.05, 3.63) is 29.3 Å². The topological polar surface area (TPSA) is 81.9 Å². The molecule has 0 aliphatic carbocycles. The lowest BCUT2D eigenvalue weighted by Gasteiger charge is -2.11. The van der Waals surface area contributed by atoms with E-state index in [0.717, 1.165) is 36.3 Å². The number of rotatable bonds is 6. The molecule has 0 spiro atoms. The predicted octanol–water partition coefficient (Wildman–Crippen LogP) is 2.20. The fourth-order valence-electron chi connectivity index (χ4n) is 2.60. The summed E-state index contributed by atoms with van der Waals surface area (Å²) in [7, 11) is 0. The van der Waals surface area contributed by atoms with Crippen molar-refractivity contribution >= 4 is 23.4 Å². The molecule has 1 fully saturated rings. The van der Waals surface area contributed by atoms with Crippen LogP contribution in [-0.4, -0.2) is 44.6 Å². The van der Waals surface area contributed by atoms with Crippen LogP contribution in [0.15, 0.2) is 23.4 Å². The molecule has 7 nitrogen and oxygen atoms in total. The van der Waals surface area contributed by atoms with E-state index in [1.54, 1.807) is 4.68 Å². The lowest BCUT2D eigenvalue weighted by atomic mass is 10.1. The summed E-state index contributed by atoms with van der Waals surface area (Å²) >= 11 is 1.33. The fraction of sp³-hybridized carbons (Fsp3) is 0.500. The fourth-order valence-corrected chi connectivity index (χ4v) is 3.29. The lowest BCUT2D eigenvalue weighted by Crippen LogP contribution is -2.18. The van der Waals surface area contributed by atoms with E-state index in [1.165, 1.54) is 11.8 Å². The molecule has 1 saturated heterocycles. The van der Waals surface area contributed by atoms with Crippen LogP contribution in [0.1, 0.15) is 24.0 Å². The third-order valence-corrected chi connectivity index (χ3v) is 5.07. The van der Waals surface area contributed by atoms with Crippen molar-refractivity contribution in [1.29, 1.82) is 0 Å². The number of thioether (sulfide) groups is 1. The van der Waals surface area contributed by atoms with Gasteiger partial charge in [0.25, 0.3) is 0 Å². The van der Waals surface area contributed by atoms with Gasteiger partial charge in [-0.1, -0.05) is 23.9 Å². The Morgan fingerprint density at radius 3 is 3.12 bits per heavy atom. The van der Waals surface area contributed by atoms with Crippen molar-refractivity contribution < 1.29 is 9.53 Å². The number of tetrazole rings is 1. The molecule has 1 N–H and O–H groups in total. The third kappa shape index (κ3) is 4.12. The maximum Gasteiger partial charge on any atom is 0.234 e. The van der Waals surface area contributed by atoms with Crippen LogP contribution >= 0.6 is 11.8 Å². The zero-order valence-corrected chi connectivity index (χ0v) is 14.7. The molecular weight excluding hydrogens is 326 g/mol. The highest BCUT2D eigenvalue weighted by Gasteiger charge is 2.19. The Morgan fingerprint density at radius 1 is 1.46 bits per heavy atom. The van der Waals surface area contributed by atoms with Gasteiger partial charge in [0, 0.05) is 12.3 Å². The van der Waals surface area contributed by atoms with Crippen LogP contribution in [0.5, 0.6) is 0 Å². The molecule has 1 unspecified atom stereocenters. The lowest BCUT2D eigenvalue weighted by molar-refractivity contribution is -0.113. The third-order valence-electron chi connectivity index (χ3n) is 4.11. The number of carbonyl (C=O) groups excluding carboxylic acids is 1. The first-order valence-corrected chi connectivity index (χ1v) is 8.98. The smallest absolute Gasteiger partial charge is 0.234 e. The molecule has 1 aromatic heterocycles. The zero-order chi connectivity index (χ0) is 16.9. The van der Waals surface area contributed by atoms with Gasteiger partial charge >= 0.3 is 0 Å². The van der Waals surface area contributed by atoms with E-state index in [1.807, 2.05) is 32.0 Å². The molecule has 1 aromatic carbocycles. The molecule has 1 atom stereocenters. The number of benzene rings is 1. The van der Waals surface area contributed by atoms with E-state index >= 15 is 0 Å². The Kier molecular flexibility index (Phi) is 5.47. The van der Waals surface area contributed by atoms with E-state index < -0.39 is 0 Å². The molecule has 0 bridgehead atoms. The molecule has 2 aromatic rings. The zero-order valence-electron chi connectivity index (χ0n) is 13.9. The second-order valence-corrected chi connectivity index (χ2v) is 6.81. The molecule has 0 radical (unpaired) electrons. The van der Waals surface area contributed by atoms with Gasteiger partial charge in [-0.3, -0.25) is 4.79 Å². The Morgan fingerprint density at radius 2 is 2.33 bits per heavy atom. The summed E-state index contributed by atoms with van der Waals surface area (Å²) in [6, 6.07) is 5.87. The standard InChI is InChI=1S/C16H21N5O2S/c1-11-5-3-7-14(12(11)2)17-15(22)10-24-16-18-19-20-21(16)9-13-6-4-8-23-13/h3,5,7,13H,4,6,8-10H2,1-2H3,(H,17,22). The van der Waals surface area contributed by atoms with Gasteiger partial charge in [-0.25, -0.2) is 4.68 Å². The Hall–Kier alpha value is -1.93. The summed E-state index contributed by atoms with van der Waals surface area (Å²) in [6.45, 7) is 5.46. The number of ether oxygens (including phenoxy) is 1. The van der Waals surface area contributed by atoms with Gasteiger partial charge in [0.05, 0.1) is 18.4 Å². The Balaban J connectivity index is 1.55. The van der Waals surface area contributed by atoms with Crippen molar-refractivity contribution in [2.75, 3.05) is 17.7 Å². The number of nitrogens with zero attached hydrogens (tertiary/aromatic N) is 4. The van der Waals surface area contributed by atoms with Crippen molar-refractivity contribution in [3.8, 4) is 0 Å². The van der Waals surface area contributed by atoms with Crippen LogP contribution in [0.3, 0.4) is 0 Å². The maximum atomic E-state index is 12.2. The van der Waals surface area contributed by atoms with Crippen molar-refractivity contribution in [2.24, 2.45) is 0 Å². The summed E-state index contributed by atoms with van der Waals surface area (Å²) in [4.78, 5) is 12.2. The van der Waals surface area contributed by atoms with Crippen LogP contribution in [0.25, 0.3) is 0 Å². The average molecular weight is 347 g/mol. The van der Waals surface area contributed by atoms with E-state index in [0.29, 0.717) is 11.7 Å². The predicted molar refractivity (Wildman–Crippen MR) is 92.1 cm³/mol. The van der Waals surface area contributed by atoms with E-state index in [-0.39, 0.29) is 17.8 Å². The summed E-state index contributed by atoms with van der Waals surface area (Å²) in [5.74, 6) is 0.194. The largest absolute Gasteiger partial charge is 0.376 e. The highest BCUT2D eigenvalue weighted by atomic mass is 32.2. The monoisotopic (exact) mass is 347 g/mol. The van der Waals surface area contributed by atoms with Crippen molar-refractivity contribution in [1.82, 2.24) is 20.2 Å². The first-order chi connectivity index (χ1) is 11.6. The summed E-state index contributed by atoms with van der Waals surface area (Å²) in [5, 5.41) is 15.3. The summed E-state index contributed by atoms with van der Waals surface area (Å²) < 4.78 is 7.32. The number of carbonyl (C=O) groups is 1. The van der Waals surface area contributed by atoms with Gasteiger partial charge < -0.3 is 10.1 Å². The van der Waals surface area contributed by atoms with E-state index in [4.69, 9.17) is 4.74 Å². The van der Waals surface area contributed by atoms with Gasteiger partial charge in [0.2, 0.25) is 11.1 Å². The van der Waals surface area contributed by atoms with E-state index in [2.05, 4.69) is 20.8 Å². The highest BCUT2D eigenvalue weighted by molar-refractivity contribution is 7.99. The van der Waals surface area contributed by atoms with Crippen LogP contribution in [-0.2, 0) is 16.1 Å². The molecule has 8 heteroatoms. The first-order valence-electron chi connectivity index (χ1n) is 8.00. The number of amides is 1. The van der Waals surface area contributed by atoms with E-state index in [9.17, 15) is 4.79 Å². The molecule has 128 valence electrons. The van der Waals surface area contributed by atoms with Gasteiger partial charge in [-0.05, 0) is 54.3 Å². The number of aromatic nitrogens is 4. The van der Waals surface area contributed by atoms with Gasteiger partial charge in [-0.15, -0.1) is 5.10 Å². The quantitative estimate of drug-likeness (QED) is 0.807. The molecule has 2 heterocycles. The molecule has 24 heavy (non-hydrogen) atoms. The normalized spacial score (nSPS) is 17.2. The second-order valence-electron chi connectivity index (χ2n) is 5.86. The Bertz CT molecular complexity index is 712. The van der Waals surface area contributed by atoms with Gasteiger partial charge in [-0.2, -0.15) is 0 Å². The number of nitrogens with one attached hydrogen (secondary N) is 1. The SMILES string of the molecule is Cc1cccc(NC(=O)CSc2nnnn2CC2CCCO2)c1C. The minimum Gasteiger partial charge on any atom is -0.376 e. The second kappa shape index (κ2) is 7.76. The first kappa shape index (κ1) is 16.9. The van der Waals surface area contributed by atoms with Gasteiger partial charge in [0.1, 0.15) is 0 Å². The minimum absolute atomic E-state index is 0.0691. The number of aryl methyl sites for hydroxylation is 1. The molecule has 3 rings (SSSR count). The van der Waals surface area contributed by atoms with Crippen LogP contribution in [0.2, 0.25) is 0 Å². The highest BCUT2D eigenvalue weighted by Crippen LogP contribution is 2.20. The summed E-state index contributed by atoms with van der Waals surface area (Å²) in [5.41, 5.74) is 3.08. The molecule has 1 aliphatic rings. The van der Waals surface area contributed by atoms with Crippen LogP contribution in [0.4, 0.5) is 5.69 Å². The van der Waals surface area contributed by atoms with Crippen molar-refractivity contribution in [3.63, 3.8) is 0 Å². The minimum atomic E-state index is -0.0691. The average Bonchev–Trinajstić information content (AvgIpc) is 3.22. The number of hydrogen-bond acceptors (Lipinski definition) is 6. The van der Waals surface area contributed by atoms with Gasteiger partial charge in [0.15, 0.2) is 0 Å². The van der Waals surface area contributed by atoms with Crippen LogP contribution < -0.4 is 5.32 Å². The van der Waals surface area contributed by atoms with Crippen molar-refractivity contribution in [2.45, 2.75) is 44.5 Å². The molecule has 0 saturated carbocycles. The molecule has 1 amide bonds. The summed E-state index contributed by atoms with van der Waals surface area (Å²) in [6.07, 6.45) is 2.27. The number of anilines is 1. The number of hydrogen-bond donors (Lipinski definition) is 1. The Labute approximate surface area is 145 Å². The molecule has 1 aliphatic heterocycles. The molecular formula is C16H21N5O2S.